The Balaban J connectivity index is 0.000000454. The van der Waals surface area contributed by atoms with Gasteiger partial charge in [0.05, 0.1) is 30.1 Å². The van der Waals surface area contributed by atoms with Gasteiger partial charge in [0, 0.05) is 25.3 Å². The minimum Gasteiger partial charge on any atom is -0.475 e. The normalized spacial score (nSPS) is 14.4. The number of rotatable bonds is 5. The number of carboxylic acids is 1. The average Bonchev–Trinajstić information content (AvgIpc) is 3.29. The largest absolute Gasteiger partial charge is 0.490 e. The van der Waals surface area contributed by atoms with E-state index < -0.39 is 12.1 Å². The molecule has 0 fully saturated rings. The zero-order valence-electron chi connectivity index (χ0n) is 18.9. The lowest BCUT2D eigenvalue weighted by molar-refractivity contribution is -0.192. The predicted octanol–water partition coefficient (Wildman–Crippen LogP) is 3.27. The molecular weight excluding hydrogens is 477 g/mol. The van der Waals surface area contributed by atoms with Crippen molar-refractivity contribution >= 4 is 17.7 Å². The molecule has 2 aromatic carbocycles. The fraction of sp³-hybridized carbons (Fsp3) is 0.250. The van der Waals surface area contributed by atoms with Gasteiger partial charge in [0.1, 0.15) is 0 Å². The van der Waals surface area contributed by atoms with Crippen LogP contribution in [0, 0.1) is 11.3 Å². The summed E-state index contributed by atoms with van der Waals surface area (Å²) in [5.74, 6) is -2.76. The lowest BCUT2D eigenvalue weighted by atomic mass is 9.96. The molecular formula is C24H23F3N6O3. The number of anilines is 1. The van der Waals surface area contributed by atoms with E-state index in [9.17, 15) is 18.0 Å². The Labute approximate surface area is 204 Å². The minimum atomic E-state index is -5.08. The molecule has 0 saturated carbocycles. The van der Waals surface area contributed by atoms with Gasteiger partial charge in [-0.05, 0) is 35.2 Å². The van der Waals surface area contributed by atoms with Gasteiger partial charge in [0.25, 0.3) is 0 Å². The van der Waals surface area contributed by atoms with Gasteiger partial charge in [-0.1, -0.05) is 36.4 Å². The molecule has 0 bridgehead atoms. The second-order valence-electron chi connectivity index (χ2n) is 7.92. The molecule has 36 heavy (non-hydrogen) atoms. The monoisotopic (exact) mass is 500 g/mol. The number of aliphatic carboxylic acids is 1. The van der Waals surface area contributed by atoms with Crippen molar-refractivity contribution < 1.29 is 27.9 Å². The van der Waals surface area contributed by atoms with Crippen LogP contribution < -0.4 is 16.0 Å². The van der Waals surface area contributed by atoms with E-state index in [0.29, 0.717) is 24.3 Å². The number of hydrogen-bond acceptors (Lipinski definition) is 5. The van der Waals surface area contributed by atoms with E-state index in [1.165, 1.54) is 11.1 Å². The molecule has 3 aromatic rings. The zero-order valence-corrected chi connectivity index (χ0v) is 18.9. The number of halogens is 3. The fourth-order valence-corrected chi connectivity index (χ4v) is 3.44. The molecule has 188 valence electrons. The van der Waals surface area contributed by atoms with Crippen molar-refractivity contribution in [3.8, 4) is 6.07 Å². The van der Waals surface area contributed by atoms with Crippen molar-refractivity contribution in [1.29, 1.82) is 5.26 Å². The molecule has 4 rings (SSSR count). The third kappa shape index (κ3) is 7.85. The number of carboxylic acid groups (broad SMARTS) is 1. The summed E-state index contributed by atoms with van der Waals surface area (Å²) in [7, 11) is 0. The predicted molar refractivity (Wildman–Crippen MR) is 124 cm³/mol. The van der Waals surface area contributed by atoms with Crippen molar-refractivity contribution in [2.75, 3.05) is 11.9 Å². The number of fused-ring (bicyclic) bond motifs is 1. The van der Waals surface area contributed by atoms with Crippen LogP contribution in [0.15, 0.2) is 60.9 Å². The van der Waals surface area contributed by atoms with Crippen LogP contribution in [0.5, 0.6) is 0 Å². The van der Waals surface area contributed by atoms with Gasteiger partial charge >= 0.3 is 18.2 Å². The number of nitriles is 1. The Hall–Kier alpha value is -4.37. The van der Waals surface area contributed by atoms with E-state index in [1.807, 2.05) is 18.2 Å². The summed E-state index contributed by atoms with van der Waals surface area (Å²) < 4.78 is 33.5. The topological polar surface area (TPSA) is 132 Å². The van der Waals surface area contributed by atoms with Gasteiger partial charge in [-0.3, -0.25) is 4.68 Å². The molecule has 0 radical (unpaired) electrons. The molecule has 1 unspecified atom stereocenters. The number of carbonyl (C=O) groups excluding carboxylic acids is 1. The van der Waals surface area contributed by atoms with Gasteiger partial charge in [-0.2, -0.15) is 23.5 Å². The molecule has 0 saturated heterocycles. The highest BCUT2D eigenvalue weighted by Crippen LogP contribution is 2.16. The molecule has 1 aliphatic heterocycles. The molecule has 0 spiro atoms. The SMILES string of the molecule is N#Cc1ccc(Cn2cc(NC(=O)NCC3Cc4ccccc4CN3)cn2)cc1.O=C(O)C(F)(F)F. The number of aromatic nitrogens is 2. The highest BCUT2D eigenvalue weighted by Gasteiger charge is 2.38. The lowest BCUT2D eigenvalue weighted by Crippen LogP contribution is -2.45. The zero-order chi connectivity index (χ0) is 26.1. The molecule has 12 heteroatoms. The minimum absolute atomic E-state index is 0.217. The number of hydrogen-bond donors (Lipinski definition) is 4. The molecule has 2 heterocycles. The molecule has 9 nitrogen and oxygen atoms in total. The van der Waals surface area contributed by atoms with E-state index in [-0.39, 0.29) is 12.1 Å². The lowest BCUT2D eigenvalue weighted by Gasteiger charge is -2.26. The third-order valence-corrected chi connectivity index (χ3v) is 5.24. The summed E-state index contributed by atoms with van der Waals surface area (Å²) in [6.07, 6.45) is -0.774. The van der Waals surface area contributed by atoms with Crippen LogP contribution in [0.25, 0.3) is 0 Å². The summed E-state index contributed by atoms with van der Waals surface area (Å²) in [6, 6.07) is 17.8. The highest BCUT2D eigenvalue weighted by molar-refractivity contribution is 5.88. The Morgan fingerprint density at radius 3 is 2.47 bits per heavy atom. The molecule has 0 aliphatic carbocycles. The van der Waals surface area contributed by atoms with Crippen LogP contribution in [0.3, 0.4) is 0 Å². The van der Waals surface area contributed by atoms with Crippen LogP contribution in [0.2, 0.25) is 0 Å². The van der Waals surface area contributed by atoms with E-state index in [1.54, 1.807) is 29.2 Å². The maximum atomic E-state index is 12.2. The smallest absolute Gasteiger partial charge is 0.475 e. The average molecular weight is 500 g/mol. The van der Waals surface area contributed by atoms with Crippen LogP contribution in [-0.2, 0) is 24.3 Å². The van der Waals surface area contributed by atoms with Crippen LogP contribution in [-0.4, -0.2) is 45.7 Å². The van der Waals surface area contributed by atoms with Crippen LogP contribution >= 0.6 is 0 Å². The van der Waals surface area contributed by atoms with Crippen molar-refractivity contribution in [3.05, 3.63) is 83.2 Å². The Morgan fingerprint density at radius 2 is 1.83 bits per heavy atom. The quantitative estimate of drug-likeness (QED) is 0.425. The van der Waals surface area contributed by atoms with E-state index in [4.69, 9.17) is 15.2 Å². The standard InChI is InChI=1S/C22H22N6O.C2HF3O2/c23-10-16-5-7-17(8-6-16)14-28-15-21(13-26-28)27-22(29)25-12-20-9-18-3-1-2-4-19(18)11-24-20;3-2(4,5)1(6)7/h1-8,13,15,20,24H,9,11-12,14H2,(H2,25,27,29);(H,6,7). The maximum absolute atomic E-state index is 12.2. The summed E-state index contributed by atoms with van der Waals surface area (Å²) in [5, 5.41) is 29.5. The number of nitrogens with zero attached hydrogens (tertiary/aromatic N) is 3. The molecule has 1 aliphatic rings. The third-order valence-electron chi connectivity index (χ3n) is 5.24. The summed E-state index contributed by atoms with van der Waals surface area (Å²) in [6.45, 7) is 1.95. The second kappa shape index (κ2) is 11.9. The van der Waals surface area contributed by atoms with Gasteiger partial charge in [-0.15, -0.1) is 0 Å². The van der Waals surface area contributed by atoms with Gasteiger partial charge in [0.2, 0.25) is 0 Å². The Kier molecular flexibility index (Phi) is 8.64. The van der Waals surface area contributed by atoms with Gasteiger partial charge < -0.3 is 21.1 Å². The summed E-state index contributed by atoms with van der Waals surface area (Å²) >= 11 is 0. The van der Waals surface area contributed by atoms with Crippen LogP contribution in [0.1, 0.15) is 22.3 Å². The van der Waals surface area contributed by atoms with E-state index in [0.717, 1.165) is 18.5 Å². The molecule has 1 atom stereocenters. The molecule has 1 aromatic heterocycles. The van der Waals surface area contributed by atoms with E-state index in [2.05, 4.69) is 45.3 Å². The second-order valence-corrected chi connectivity index (χ2v) is 7.92. The summed E-state index contributed by atoms with van der Waals surface area (Å²) in [5.41, 5.74) is 4.96. The molecule has 2 amide bonds. The van der Waals surface area contributed by atoms with Gasteiger partial charge in [0.15, 0.2) is 0 Å². The summed E-state index contributed by atoms with van der Waals surface area (Å²) in [4.78, 5) is 21.1. The first-order valence-corrected chi connectivity index (χ1v) is 10.8. The number of amides is 2. The number of alkyl halides is 3. The van der Waals surface area contributed by atoms with Crippen molar-refractivity contribution in [2.45, 2.75) is 31.7 Å². The van der Waals surface area contributed by atoms with Crippen molar-refractivity contribution in [1.82, 2.24) is 20.4 Å². The Morgan fingerprint density at radius 1 is 1.17 bits per heavy atom. The molecule has 4 N–H and O–H groups in total. The highest BCUT2D eigenvalue weighted by atomic mass is 19.4. The number of benzene rings is 2. The number of carbonyl (C=O) groups is 2. The first-order valence-electron chi connectivity index (χ1n) is 10.8. The van der Waals surface area contributed by atoms with Crippen molar-refractivity contribution in [2.24, 2.45) is 0 Å². The number of nitrogens with one attached hydrogen (secondary N) is 3. The van der Waals surface area contributed by atoms with Gasteiger partial charge in [-0.25, -0.2) is 9.59 Å². The van der Waals surface area contributed by atoms with Crippen molar-refractivity contribution in [3.63, 3.8) is 0 Å². The number of urea groups is 1. The fourth-order valence-electron chi connectivity index (χ4n) is 3.44. The first kappa shape index (κ1) is 26.2. The van der Waals surface area contributed by atoms with E-state index >= 15 is 0 Å². The Bertz CT molecular complexity index is 1230. The maximum Gasteiger partial charge on any atom is 0.490 e. The first-order chi connectivity index (χ1) is 17.1. The van der Waals surface area contributed by atoms with Crippen LogP contribution in [0.4, 0.5) is 23.7 Å².